The van der Waals surface area contributed by atoms with E-state index in [-0.39, 0.29) is 0 Å². The third kappa shape index (κ3) is 2.59. The number of halogens is 2. The van der Waals surface area contributed by atoms with Crippen molar-refractivity contribution in [2.75, 3.05) is 0 Å². The molecule has 80 valence electrons. The van der Waals surface area contributed by atoms with Crippen molar-refractivity contribution in [1.29, 1.82) is 0 Å². The van der Waals surface area contributed by atoms with Gasteiger partial charge in [0, 0.05) is 10.0 Å². The van der Waals surface area contributed by atoms with E-state index >= 15 is 0 Å². The maximum absolute atomic E-state index is 10.1. The van der Waals surface area contributed by atoms with E-state index in [1.54, 1.807) is 24.3 Å². The van der Waals surface area contributed by atoms with Crippen molar-refractivity contribution in [2.45, 2.75) is 0 Å². The van der Waals surface area contributed by atoms with Gasteiger partial charge in [0.25, 0.3) is 0 Å². The van der Waals surface area contributed by atoms with Crippen LogP contribution >= 0.6 is 23.2 Å². The molecule has 0 aliphatic heterocycles. The normalized spacial score (nSPS) is 10.2. The van der Waals surface area contributed by atoms with E-state index in [4.69, 9.17) is 23.2 Å². The zero-order valence-corrected chi connectivity index (χ0v) is 9.91. The van der Waals surface area contributed by atoms with Crippen LogP contribution in [-0.4, -0.2) is 11.9 Å². The van der Waals surface area contributed by atoms with E-state index in [0.717, 1.165) is 10.9 Å². The summed E-state index contributed by atoms with van der Waals surface area (Å²) >= 11 is 11.7. The number of rotatable bonds is 2. The fourth-order valence-electron chi connectivity index (χ4n) is 1.55. The van der Waals surface area contributed by atoms with E-state index in [1.807, 2.05) is 24.3 Å². The molecule has 4 heteroatoms. The highest BCUT2D eigenvalue weighted by Gasteiger charge is 2.16. The molecule has 0 aliphatic carbocycles. The predicted molar refractivity (Wildman–Crippen MR) is 70.1 cm³/mol. The summed E-state index contributed by atoms with van der Waals surface area (Å²) in [4.78, 5) is 0. The van der Waals surface area contributed by atoms with Crippen LogP contribution in [0.1, 0.15) is 0 Å². The molecule has 0 bridgehead atoms. The van der Waals surface area contributed by atoms with E-state index in [0.29, 0.717) is 10.0 Å². The molecular formula is C12H9BCl2O. The second-order valence-electron chi connectivity index (χ2n) is 3.51. The minimum atomic E-state index is -0.697. The van der Waals surface area contributed by atoms with Gasteiger partial charge in [-0.25, -0.2) is 0 Å². The molecule has 2 aromatic rings. The Labute approximate surface area is 105 Å². The Hall–Kier alpha value is -0.955. The summed E-state index contributed by atoms with van der Waals surface area (Å²) in [5, 5.41) is 11.3. The van der Waals surface area contributed by atoms with Gasteiger partial charge in [-0.3, -0.25) is 0 Å². The lowest BCUT2D eigenvalue weighted by atomic mass is 9.56. The van der Waals surface area contributed by atoms with Crippen molar-refractivity contribution < 1.29 is 5.02 Å². The minimum Gasteiger partial charge on any atom is -0.443 e. The maximum atomic E-state index is 10.1. The van der Waals surface area contributed by atoms with Gasteiger partial charge >= 0.3 is 6.92 Å². The van der Waals surface area contributed by atoms with Crippen molar-refractivity contribution in [2.24, 2.45) is 0 Å². The predicted octanol–water partition coefficient (Wildman–Crippen LogP) is 2.09. The van der Waals surface area contributed by atoms with E-state index in [1.165, 1.54) is 0 Å². The Morgan fingerprint density at radius 2 is 1.25 bits per heavy atom. The highest BCUT2D eigenvalue weighted by atomic mass is 35.5. The quantitative estimate of drug-likeness (QED) is 0.810. The summed E-state index contributed by atoms with van der Waals surface area (Å²) in [7, 11) is 0. The molecule has 1 nitrogen and oxygen atoms in total. The van der Waals surface area contributed by atoms with Gasteiger partial charge in [0.1, 0.15) is 0 Å². The molecule has 16 heavy (non-hydrogen) atoms. The molecular weight excluding hydrogens is 242 g/mol. The van der Waals surface area contributed by atoms with E-state index < -0.39 is 6.92 Å². The molecule has 0 heterocycles. The van der Waals surface area contributed by atoms with Crippen LogP contribution in [0.4, 0.5) is 0 Å². The fraction of sp³-hybridized carbons (Fsp3) is 0. The third-order valence-corrected chi connectivity index (χ3v) is 2.80. The lowest BCUT2D eigenvalue weighted by Gasteiger charge is -2.07. The summed E-state index contributed by atoms with van der Waals surface area (Å²) < 4.78 is 0. The fourth-order valence-corrected chi connectivity index (χ4v) is 1.94. The first-order valence-corrected chi connectivity index (χ1v) is 5.61. The van der Waals surface area contributed by atoms with Crippen molar-refractivity contribution >= 4 is 41.0 Å². The molecule has 0 spiro atoms. The number of benzene rings is 2. The van der Waals surface area contributed by atoms with Crippen molar-refractivity contribution in [3.63, 3.8) is 0 Å². The monoisotopic (exact) mass is 250 g/mol. The molecule has 0 fully saturated rings. The van der Waals surface area contributed by atoms with Crippen molar-refractivity contribution in [1.82, 2.24) is 0 Å². The van der Waals surface area contributed by atoms with Gasteiger partial charge in [-0.15, -0.1) is 0 Å². The Balaban J connectivity index is 2.35. The Morgan fingerprint density at radius 3 is 1.62 bits per heavy atom. The van der Waals surface area contributed by atoms with Crippen LogP contribution in [0, 0.1) is 0 Å². The summed E-state index contributed by atoms with van der Waals surface area (Å²) in [6.45, 7) is -0.697. The molecule has 0 unspecified atom stereocenters. The van der Waals surface area contributed by atoms with Gasteiger partial charge in [-0.05, 0) is 35.2 Å². The average molecular weight is 251 g/mol. The summed E-state index contributed by atoms with van der Waals surface area (Å²) in [6, 6.07) is 14.3. The van der Waals surface area contributed by atoms with Crippen LogP contribution in [0.5, 0.6) is 0 Å². The topological polar surface area (TPSA) is 20.2 Å². The van der Waals surface area contributed by atoms with Gasteiger partial charge < -0.3 is 5.02 Å². The highest BCUT2D eigenvalue weighted by molar-refractivity contribution is 6.79. The van der Waals surface area contributed by atoms with Crippen LogP contribution in [0.2, 0.25) is 10.0 Å². The Morgan fingerprint density at radius 1 is 0.812 bits per heavy atom. The molecule has 1 N–H and O–H groups in total. The summed E-state index contributed by atoms with van der Waals surface area (Å²) in [6.07, 6.45) is 0. The molecule has 0 saturated heterocycles. The smallest absolute Gasteiger partial charge is 0.359 e. The van der Waals surface area contributed by atoms with Crippen molar-refractivity contribution in [3.8, 4) is 0 Å². The number of hydrogen-bond donors (Lipinski definition) is 1. The molecule has 0 atom stereocenters. The molecule has 0 aliphatic rings. The maximum Gasteiger partial charge on any atom is 0.359 e. The van der Waals surface area contributed by atoms with Crippen LogP contribution in [0.25, 0.3) is 0 Å². The Kier molecular flexibility index (Phi) is 3.54. The first kappa shape index (κ1) is 11.5. The van der Waals surface area contributed by atoms with Crippen LogP contribution in [0.15, 0.2) is 48.5 Å². The van der Waals surface area contributed by atoms with E-state index in [9.17, 15) is 5.02 Å². The SMILES string of the molecule is OB(c1cccc(Cl)c1)c1cccc(Cl)c1. The van der Waals surface area contributed by atoms with Gasteiger partial charge in [0.05, 0.1) is 0 Å². The highest BCUT2D eigenvalue weighted by Crippen LogP contribution is 2.06. The summed E-state index contributed by atoms with van der Waals surface area (Å²) in [5.41, 5.74) is 1.52. The average Bonchev–Trinajstić information content (AvgIpc) is 2.28. The third-order valence-electron chi connectivity index (χ3n) is 2.33. The van der Waals surface area contributed by atoms with Gasteiger partial charge in [-0.1, -0.05) is 47.5 Å². The van der Waals surface area contributed by atoms with Crippen LogP contribution in [0.3, 0.4) is 0 Å². The van der Waals surface area contributed by atoms with Crippen LogP contribution < -0.4 is 10.9 Å². The largest absolute Gasteiger partial charge is 0.443 e. The minimum absolute atomic E-state index is 0.610. The first-order chi connectivity index (χ1) is 7.66. The molecule has 0 amide bonds. The van der Waals surface area contributed by atoms with Crippen LogP contribution in [-0.2, 0) is 0 Å². The molecule has 2 aromatic carbocycles. The second-order valence-corrected chi connectivity index (χ2v) is 4.39. The summed E-state index contributed by atoms with van der Waals surface area (Å²) in [5.74, 6) is 0. The first-order valence-electron chi connectivity index (χ1n) is 4.86. The Bertz CT molecular complexity index is 456. The van der Waals surface area contributed by atoms with Gasteiger partial charge in [0.2, 0.25) is 0 Å². The second kappa shape index (κ2) is 4.92. The lowest BCUT2D eigenvalue weighted by Crippen LogP contribution is -2.42. The molecule has 0 saturated carbocycles. The zero-order valence-electron chi connectivity index (χ0n) is 8.40. The molecule has 0 aromatic heterocycles. The standard InChI is InChI=1S/C12H9BCl2O/c14-11-5-1-3-9(7-11)13(16)10-4-2-6-12(15)8-10/h1-8,16H. The van der Waals surface area contributed by atoms with E-state index in [2.05, 4.69) is 0 Å². The molecule has 0 radical (unpaired) electrons. The van der Waals surface area contributed by atoms with Gasteiger partial charge in [0.15, 0.2) is 0 Å². The lowest BCUT2D eigenvalue weighted by molar-refractivity contribution is 0.600. The molecule has 2 rings (SSSR count). The zero-order chi connectivity index (χ0) is 11.5. The van der Waals surface area contributed by atoms with Crippen molar-refractivity contribution in [3.05, 3.63) is 58.6 Å². The number of hydrogen-bond acceptors (Lipinski definition) is 1. The van der Waals surface area contributed by atoms with Gasteiger partial charge in [-0.2, -0.15) is 0 Å².